The van der Waals surface area contributed by atoms with Gasteiger partial charge in [0.25, 0.3) is 0 Å². The SMILES string of the molecule is COc1ccc2c(C)c(CC(=O)NCCCN3CCCC3=O)c(=O)oc2c1C. The average Bonchev–Trinajstić information content (AvgIpc) is 3.08. The van der Waals surface area contributed by atoms with E-state index in [1.54, 1.807) is 7.11 Å². The summed E-state index contributed by atoms with van der Waals surface area (Å²) in [5, 5.41) is 3.62. The minimum atomic E-state index is -0.501. The molecule has 2 amide bonds. The fourth-order valence-electron chi connectivity index (χ4n) is 3.66. The lowest BCUT2D eigenvalue weighted by molar-refractivity contribution is -0.127. The molecule has 1 saturated heterocycles. The second-order valence-corrected chi connectivity index (χ2v) is 7.13. The van der Waals surface area contributed by atoms with E-state index in [2.05, 4.69) is 5.32 Å². The second kappa shape index (κ2) is 8.46. The number of rotatable bonds is 7. The number of nitrogens with one attached hydrogen (secondary N) is 1. The minimum absolute atomic E-state index is 0.0299. The standard InChI is InChI=1S/C21H26N2O5/c1-13-15-7-8-17(27-3)14(2)20(15)28-21(26)16(13)12-18(24)22-9-5-11-23-10-4-6-19(23)25/h7-8H,4-6,9-12H2,1-3H3,(H,22,24). The maximum Gasteiger partial charge on any atom is 0.340 e. The maximum atomic E-state index is 12.4. The number of amides is 2. The number of aryl methyl sites for hydroxylation is 2. The zero-order valence-electron chi connectivity index (χ0n) is 16.6. The Labute approximate surface area is 163 Å². The van der Waals surface area contributed by atoms with Crippen molar-refractivity contribution in [1.82, 2.24) is 10.2 Å². The minimum Gasteiger partial charge on any atom is -0.496 e. The number of benzene rings is 1. The first-order valence-electron chi connectivity index (χ1n) is 9.56. The van der Waals surface area contributed by atoms with Gasteiger partial charge in [0.1, 0.15) is 11.3 Å². The lowest BCUT2D eigenvalue weighted by Gasteiger charge is -2.15. The van der Waals surface area contributed by atoms with E-state index in [4.69, 9.17) is 9.15 Å². The van der Waals surface area contributed by atoms with Crippen molar-refractivity contribution in [3.63, 3.8) is 0 Å². The molecule has 28 heavy (non-hydrogen) atoms. The molecule has 1 N–H and O–H groups in total. The molecule has 7 nitrogen and oxygen atoms in total. The van der Waals surface area contributed by atoms with Crippen molar-refractivity contribution in [3.05, 3.63) is 39.2 Å². The number of fused-ring (bicyclic) bond motifs is 1. The van der Waals surface area contributed by atoms with Crippen LogP contribution in [-0.2, 0) is 16.0 Å². The summed E-state index contributed by atoms with van der Waals surface area (Å²) >= 11 is 0. The third-order valence-electron chi connectivity index (χ3n) is 5.31. The zero-order valence-corrected chi connectivity index (χ0v) is 16.6. The fourth-order valence-corrected chi connectivity index (χ4v) is 3.66. The molecule has 1 fully saturated rings. The molecule has 150 valence electrons. The Hall–Kier alpha value is -2.83. The molecule has 3 rings (SSSR count). The van der Waals surface area contributed by atoms with Gasteiger partial charge in [-0.15, -0.1) is 0 Å². The first kappa shape index (κ1) is 19.9. The Balaban J connectivity index is 1.65. The topological polar surface area (TPSA) is 88.9 Å². The van der Waals surface area contributed by atoms with E-state index in [9.17, 15) is 14.4 Å². The van der Waals surface area contributed by atoms with E-state index in [0.717, 1.165) is 29.5 Å². The molecule has 0 radical (unpaired) electrons. The van der Waals surface area contributed by atoms with Crippen molar-refractivity contribution in [1.29, 1.82) is 0 Å². The average molecular weight is 386 g/mol. The molecular weight excluding hydrogens is 360 g/mol. The smallest absolute Gasteiger partial charge is 0.340 e. The Morgan fingerprint density at radius 3 is 2.71 bits per heavy atom. The molecule has 1 aromatic heterocycles. The van der Waals surface area contributed by atoms with Crippen LogP contribution in [0, 0.1) is 13.8 Å². The third kappa shape index (κ3) is 4.03. The van der Waals surface area contributed by atoms with Gasteiger partial charge in [-0.1, -0.05) is 0 Å². The maximum absolute atomic E-state index is 12.4. The van der Waals surface area contributed by atoms with Crippen molar-refractivity contribution in [2.45, 2.75) is 39.5 Å². The van der Waals surface area contributed by atoms with Crippen LogP contribution in [0.1, 0.15) is 36.0 Å². The Kier molecular flexibility index (Phi) is 6.02. The highest BCUT2D eigenvalue weighted by Crippen LogP contribution is 2.29. The number of hydrogen-bond donors (Lipinski definition) is 1. The number of carbonyl (C=O) groups excluding carboxylic acids is 2. The lowest BCUT2D eigenvalue weighted by Crippen LogP contribution is -2.32. The molecule has 2 aromatic rings. The van der Waals surface area contributed by atoms with E-state index in [1.807, 2.05) is 30.9 Å². The Morgan fingerprint density at radius 2 is 2.04 bits per heavy atom. The van der Waals surface area contributed by atoms with Crippen LogP contribution in [0.2, 0.25) is 0 Å². The molecule has 2 heterocycles. The van der Waals surface area contributed by atoms with E-state index in [1.165, 1.54) is 0 Å². The van der Waals surface area contributed by atoms with Crippen molar-refractivity contribution < 1.29 is 18.7 Å². The highest BCUT2D eigenvalue weighted by atomic mass is 16.5. The molecular formula is C21H26N2O5. The van der Waals surface area contributed by atoms with Gasteiger partial charge in [0.2, 0.25) is 11.8 Å². The van der Waals surface area contributed by atoms with Crippen molar-refractivity contribution in [2.24, 2.45) is 0 Å². The Morgan fingerprint density at radius 1 is 1.25 bits per heavy atom. The van der Waals surface area contributed by atoms with Gasteiger partial charge in [0, 0.05) is 37.0 Å². The predicted octanol–water partition coefficient (Wildman–Crippen LogP) is 2.09. The zero-order chi connectivity index (χ0) is 20.3. The molecule has 0 aliphatic carbocycles. The van der Waals surface area contributed by atoms with Gasteiger partial charge in [-0.3, -0.25) is 9.59 Å². The van der Waals surface area contributed by atoms with Crippen LogP contribution in [-0.4, -0.2) is 43.5 Å². The summed E-state index contributed by atoms with van der Waals surface area (Å²) < 4.78 is 10.8. The fraction of sp³-hybridized carbons (Fsp3) is 0.476. The molecule has 0 spiro atoms. The van der Waals surface area contributed by atoms with Gasteiger partial charge in [-0.25, -0.2) is 4.79 Å². The molecule has 0 atom stereocenters. The molecule has 0 bridgehead atoms. The summed E-state index contributed by atoms with van der Waals surface area (Å²) in [5.74, 6) is 0.604. The molecule has 7 heteroatoms. The van der Waals surface area contributed by atoms with E-state index in [-0.39, 0.29) is 18.2 Å². The summed E-state index contributed by atoms with van der Waals surface area (Å²) in [6.07, 6.45) is 2.20. The van der Waals surface area contributed by atoms with Gasteiger partial charge in [-0.2, -0.15) is 0 Å². The van der Waals surface area contributed by atoms with Crippen LogP contribution in [0.25, 0.3) is 11.0 Å². The van der Waals surface area contributed by atoms with Gasteiger partial charge in [-0.05, 0) is 44.4 Å². The molecule has 1 aromatic carbocycles. The molecule has 1 aliphatic rings. The van der Waals surface area contributed by atoms with Crippen molar-refractivity contribution in [2.75, 3.05) is 26.7 Å². The van der Waals surface area contributed by atoms with E-state index in [0.29, 0.717) is 42.8 Å². The molecule has 0 unspecified atom stereocenters. The van der Waals surface area contributed by atoms with Crippen LogP contribution in [0.3, 0.4) is 0 Å². The summed E-state index contributed by atoms with van der Waals surface area (Å²) in [7, 11) is 1.57. The molecule has 1 aliphatic heterocycles. The first-order chi connectivity index (χ1) is 13.4. The summed E-state index contributed by atoms with van der Waals surface area (Å²) in [6, 6.07) is 3.67. The third-order valence-corrected chi connectivity index (χ3v) is 5.31. The Bertz CT molecular complexity index is 963. The largest absolute Gasteiger partial charge is 0.496 e. The van der Waals surface area contributed by atoms with Gasteiger partial charge < -0.3 is 19.4 Å². The number of likely N-dealkylation sites (tertiary alicyclic amines) is 1. The van der Waals surface area contributed by atoms with E-state index < -0.39 is 5.63 Å². The highest BCUT2D eigenvalue weighted by molar-refractivity contribution is 5.87. The quantitative estimate of drug-likeness (QED) is 0.581. The van der Waals surface area contributed by atoms with Crippen molar-refractivity contribution >= 4 is 22.8 Å². The first-order valence-corrected chi connectivity index (χ1v) is 9.56. The van der Waals surface area contributed by atoms with Gasteiger partial charge >= 0.3 is 5.63 Å². The highest BCUT2D eigenvalue weighted by Gasteiger charge is 2.20. The molecule has 0 saturated carbocycles. The number of hydrogen-bond acceptors (Lipinski definition) is 5. The van der Waals surface area contributed by atoms with Crippen molar-refractivity contribution in [3.8, 4) is 5.75 Å². The van der Waals surface area contributed by atoms with Gasteiger partial charge in [0.05, 0.1) is 19.1 Å². The van der Waals surface area contributed by atoms with Crippen LogP contribution in [0.5, 0.6) is 5.75 Å². The monoisotopic (exact) mass is 386 g/mol. The summed E-state index contributed by atoms with van der Waals surface area (Å²) in [5.41, 5.74) is 1.85. The second-order valence-electron chi connectivity index (χ2n) is 7.13. The van der Waals surface area contributed by atoms with Crippen LogP contribution < -0.4 is 15.7 Å². The number of ether oxygens (including phenoxy) is 1. The van der Waals surface area contributed by atoms with Crippen LogP contribution in [0.15, 0.2) is 21.3 Å². The number of methoxy groups -OCH3 is 1. The summed E-state index contributed by atoms with van der Waals surface area (Å²) in [4.78, 5) is 38.1. The normalized spacial score (nSPS) is 14.0. The number of nitrogens with zero attached hydrogens (tertiary/aromatic N) is 1. The lowest BCUT2D eigenvalue weighted by atomic mass is 10.0. The van der Waals surface area contributed by atoms with E-state index >= 15 is 0 Å². The van der Waals surface area contributed by atoms with Crippen LogP contribution >= 0.6 is 0 Å². The number of carbonyl (C=O) groups is 2. The van der Waals surface area contributed by atoms with Gasteiger partial charge in [0.15, 0.2) is 0 Å². The summed E-state index contributed by atoms with van der Waals surface area (Å²) in [6.45, 7) is 5.58. The van der Waals surface area contributed by atoms with Crippen LogP contribution in [0.4, 0.5) is 0 Å². The predicted molar refractivity (Wildman–Crippen MR) is 106 cm³/mol.